The monoisotopic (exact) mass is 272 g/mol. The number of benzene rings is 1. The summed E-state index contributed by atoms with van der Waals surface area (Å²) in [5.74, 6) is 0.336. The van der Waals surface area contributed by atoms with Crippen LogP contribution in [0, 0.1) is 12.3 Å². The van der Waals surface area contributed by atoms with Crippen LogP contribution in [-0.4, -0.2) is 28.9 Å². The summed E-state index contributed by atoms with van der Waals surface area (Å²) in [6.45, 7) is 0. The second-order valence-corrected chi connectivity index (χ2v) is 4.37. The number of carboxylic acid groups (broad SMARTS) is 1. The zero-order valence-electron chi connectivity index (χ0n) is 10.5. The molecule has 0 radical (unpaired) electrons. The molecule has 0 spiro atoms. The van der Waals surface area contributed by atoms with Gasteiger partial charge in [-0.1, -0.05) is 6.07 Å². The highest BCUT2D eigenvalue weighted by atomic mass is 16.4. The van der Waals surface area contributed by atoms with Crippen LogP contribution in [0.15, 0.2) is 18.2 Å². The lowest BCUT2D eigenvalue weighted by molar-refractivity contribution is -0.139. The van der Waals surface area contributed by atoms with E-state index in [1.165, 1.54) is 6.07 Å². The van der Waals surface area contributed by atoms with Crippen molar-refractivity contribution in [2.75, 3.05) is 5.32 Å². The molecule has 1 atom stereocenters. The van der Waals surface area contributed by atoms with Crippen molar-refractivity contribution in [3.05, 3.63) is 29.3 Å². The van der Waals surface area contributed by atoms with Crippen molar-refractivity contribution >= 4 is 23.5 Å². The summed E-state index contributed by atoms with van der Waals surface area (Å²) in [4.78, 5) is 34.1. The van der Waals surface area contributed by atoms with Gasteiger partial charge in [0, 0.05) is 17.7 Å². The van der Waals surface area contributed by atoms with Crippen molar-refractivity contribution in [3.63, 3.8) is 0 Å². The lowest BCUT2D eigenvalue weighted by Gasteiger charge is -2.12. The third-order valence-corrected chi connectivity index (χ3v) is 2.92. The minimum absolute atomic E-state index is 0.0945. The Hall–Kier alpha value is -2.81. The number of carbonyl (C=O) groups is 3. The van der Waals surface area contributed by atoms with Gasteiger partial charge >= 0.3 is 5.97 Å². The number of hydrogen-bond donors (Lipinski definition) is 3. The number of rotatable bonds is 4. The van der Waals surface area contributed by atoms with Gasteiger partial charge in [0.25, 0.3) is 5.91 Å². The van der Waals surface area contributed by atoms with Crippen LogP contribution in [0.1, 0.15) is 22.3 Å². The Morgan fingerprint density at radius 3 is 2.90 bits per heavy atom. The molecule has 0 fully saturated rings. The molecular weight excluding hydrogens is 260 g/mol. The fourth-order valence-electron chi connectivity index (χ4n) is 1.92. The summed E-state index contributed by atoms with van der Waals surface area (Å²) < 4.78 is 0. The Morgan fingerprint density at radius 2 is 2.25 bits per heavy atom. The minimum Gasteiger partial charge on any atom is -0.480 e. The standard InChI is InChI=1S/C14H12N2O4/c1-2-3-10(14(19)20)16-13(18)9-5-4-8-7-12(17)15-11(8)6-9/h1,4-6,10H,3,7H2,(H,15,17)(H,16,18)(H,19,20). The average molecular weight is 272 g/mol. The fourth-order valence-corrected chi connectivity index (χ4v) is 1.92. The molecule has 0 saturated carbocycles. The van der Waals surface area contributed by atoms with Crippen LogP contribution in [0.3, 0.4) is 0 Å². The van der Waals surface area contributed by atoms with Crippen LogP contribution >= 0.6 is 0 Å². The van der Waals surface area contributed by atoms with Gasteiger partial charge in [0.1, 0.15) is 6.04 Å². The molecule has 2 amide bonds. The van der Waals surface area contributed by atoms with Crippen LogP contribution in [-0.2, 0) is 16.0 Å². The van der Waals surface area contributed by atoms with Gasteiger partial charge in [0.2, 0.25) is 5.91 Å². The van der Waals surface area contributed by atoms with E-state index in [9.17, 15) is 14.4 Å². The molecule has 0 saturated heterocycles. The van der Waals surface area contributed by atoms with Crippen molar-refractivity contribution in [3.8, 4) is 12.3 Å². The molecule has 1 aliphatic rings. The molecule has 6 heteroatoms. The smallest absolute Gasteiger partial charge is 0.327 e. The van der Waals surface area contributed by atoms with Gasteiger partial charge in [0.15, 0.2) is 0 Å². The van der Waals surface area contributed by atoms with E-state index >= 15 is 0 Å². The molecule has 0 aromatic heterocycles. The van der Waals surface area contributed by atoms with Gasteiger partial charge in [-0.3, -0.25) is 9.59 Å². The Bertz CT molecular complexity index is 631. The van der Waals surface area contributed by atoms with Crippen molar-refractivity contribution in [1.29, 1.82) is 0 Å². The molecule has 3 N–H and O–H groups in total. The fraction of sp³-hybridized carbons (Fsp3) is 0.214. The van der Waals surface area contributed by atoms with Gasteiger partial charge in [0.05, 0.1) is 6.42 Å². The van der Waals surface area contributed by atoms with E-state index in [2.05, 4.69) is 16.6 Å². The zero-order valence-corrected chi connectivity index (χ0v) is 10.5. The summed E-state index contributed by atoms with van der Waals surface area (Å²) in [6.07, 6.45) is 5.25. The predicted molar refractivity (Wildman–Crippen MR) is 71.1 cm³/mol. The number of aliphatic carboxylic acids is 1. The molecule has 20 heavy (non-hydrogen) atoms. The number of hydrogen-bond acceptors (Lipinski definition) is 3. The lowest BCUT2D eigenvalue weighted by atomic mass is 10.1. The number of amides is 2. The number of terminal acetylenes is 1. The van der Waals surface area contributed by atoms with Crippen LogP contribution < -0.4 is 10.6 Å². The Labute approximate surface area is 115 Å². The highest BCUT2D eigenvalue weighted by Gasteiger charge is 2.22. The molecule has 1 aliphatic heterocycles. The van der Waals surface area contributed by atoms with Crippen LogP contribution in [0.25, 0.3) is 0 Å². The number of carbonyl (C=O) groups excluding carboxylic acids is 2. The van der Waals surface area contributed by atoms with Crippen molar-refractivity contribution < 1.29 is 19.5 Å². The van der Waals surface area contributed by atoms with Crippen LogP contribution in [0.4, 0.5) is 5.69 Å². The molecule has 0 aliphatic carbocycles. The first-order valence-electron chi connectivity index (χ1n) is 5.91. The molecule has 0 bridgehead atoms. The van der Waals surface area contributed by atoms with Gasteiger partial charge < -0.3 is 15.7 Å². The molecule has 2 rings (SSSR count). The predicted octanol–water partition coefficient (Wildman–Crippen LogP) is 0.387. The summed E-state index contributed by atoms with van der Waals surface area (Å²) in [5.41, 5.74) is 1.66. The molecule has 102 valence electrons. The Kier molecular flexibility index (Phi) is 3.71. The van der Waals surface area contributed by atoms with Crippen molar-refractivity contribution in [2.24, 2.45) is 0 Å². The Balaban J connectivity index is 2.14. The largest absolute Gasteiger partial charge is 0.480 e. The van der Waals surface area contributed by atoms with Gasteiger partial charge in [-0.2, -0.15) is 0 Å². The average Bonchev–Trinajstić information content (AvgIpc) is 2.76. The molecule has 1 aromatic rings. The first-order valence-corrected chi connectivity index (χ1v) is 5.91. The lowest BCUT2D eigenvalue weighted by Crippen LogP contribution is -2.40. The summed E-state index contributed by atoms with van der Waals surface area (Å²) >= 11 is 0. The first-order chi connectivity index (χ1) is 9.51. The highest BCUT2D eigenvalue weighted by molar-refractivity contribution is 6.02. The first kappa shape index (κ1) is 13.6. The highest BCUT2D eigenvalue weighted by Crippen LogP contribution is 2.23. The Morgan fingerprint density at radius 1 is 1.50 bits per heavy atom. The second kappa shape index (κ2) is 5.45. The van der Waals surface area contributed by atoms with E-state index in [1.54, 1.807) is 12.1 Å². The quantitative estimate of drug-likeness (QED) is 0.691. The maximum atomic E-state index is 12.0. The van der Waals surface area contributed by atoms with E-state index in [0.717, 1.165) is 5.56 Å². The third-order valence-electron chi connectivity index (χ3n) is 2.92. The van der Waals surface area contributed by atoms with Gasteiger partial charge in [-0.25, -0.2) is 4.79 Å². The van der Waals surface area contributed by atoms with E-state index in [4.69, 9.17) is 11.5 Å². The number of nitrogens with one attached hydrogen (secondary N) is 2. The van der Waals surface area contributed by atoms with Gasteiger partial charge in [-0.15, -0.1) is 12.3 Å². The molecular formula is C14H12N2O4. The molecule has 6 nitrogen and oxygen atoms in total. The second-order valence-electron chi connectivity index (χ2n) is 4.37. The van der Waals surface area contributed by atoms with Crippen LogP contribution in [0.2, 0.25) is 0 Å². The molecule has 1 heterocycles. The van der Waals surface area contributed by atoms with E-state index in [1.807, 2.05) is 0 Å². The van der Waals surface area contributed by atoms with Crippen molar-refractivity contribution in [2.45, 2.75) is 18.9 Å². The van der Waals surface area contributed by atoms with E-state index < -0.39 is 17.9 Å². The number of anilines is 1. The summed E-state index contributed by atoms with van der Waals surface area (Å²) in [6, 6.07) is 3.60. The number of carboxylic acids is 1. The number of fused-ring (bicyclic) bond motifs is 1. The molecule has 1 unspecified atom stereocenters. The maximum absolute atomic E-state index is 12.0. The minimum atomic E-state index is -1.19. The summed E-state index contributed by atoms with van der Waals surface area (Å²) in [5, 5.41) is 13.9. The third kappa shape index (κ3) is 2.78. The molecule has 1 aromatic carbocycles. The summed E-state index contributed by atoms with van der Waals surface area (Å²) in [7, 11) is 0. The normalized spacial score (nSPS) is 13.8. The van der Waals surface area contributed by atoms with E-state index in [0.29, 0.717) is 5.69 Å². The van der Waals surface area contributed by atoms with E-state index in [-0.39, 0.29) is 24.3 Å². The zero-order chi connectivity index (χ0) is 14.7. The van der Waals surface area contributed by atoms with Crippen molar-refractivity contribution in [1.82, 2.24) is 5.32 Å². The maximum Gasteiger partial charge on any atom is 0.327 e. The SMILES string of the molecule is C#CCC(NC(=O)c1ccc2c(c1)NC(=O)C2)C(=O)O. The van der Waals surface area contributed by atoms with Crippen LogP contribution in [0.5, 0.6) is 0 Å². The topological polar surface area (TPSA) is 95.5 Å². The van der Waals surface area contributed by atoms with Gasteiger partial charge in [-0.05, 0) is 17.7 Å².